The highest BCUT2D eigenvalue weighted by atomic mass is 16.8. The summed E-state index contributed by atoms with van der Waals surface area (Å²) in [5, 5.41) is 4.27. The molecule has 5 atom stereocenters. The smallest absolute Gasteiger partial charge is 0.303 e. The molecule has 0 aliphatic carbocycles. The molecule has 51 heavy (non-hydrogen) atoms. The Bertz CT molecular complexity index is 1730. The lowest BCUT2D eigenvalue weighted by molar-refractivity contribution is -0.308. The molecule has 1 aromatic heterocycles. The van der Waals surface area contributed by atoms with Gasteiger partial charge in [-0.2, -0.15) is 0 Å². The lowest BCUT2D eigenvalue weighted by atomic mass is 9.94. The molecule has 2 aromatic carbocycles. The Hall–Kier alpha value is -5.14. The molecule has 2 aliphatic heterocycles. The predicted octanol–water partition coefficient (Wildman–Crippen LogP) is 4.64. The highest BCUT2D eigenvalue weighted by Crippen LogP contribution is 2.34. The van der Waals surface area contributed by atoms with Gasteiger partial charge in [0.25, 0.3) is 6.29 Å². The second-order valence-electron chi connectivity index (χ2n) is 12.5. The van der Waals surface area contributed by atoms with E-state index in [9.17, 15) is 19.2 Å². The van der Waals surface area contributed by atoms with Gasteiger partial charge in [0.05, 0.1) is 11.4 Å². The van der Waals surface area contributed by atoms with Crippen molar-refractivity contribution < 1.29 is 47.7 Å². The topological polar surface area (TPSA) is 152 Å². The second-order valence-corrected chi connectivity index (χ2v) is 12.5. The van der Waals surface area contributed by atoms with Crippen LogP contribution in [0.25, 0.3) is 22.4 Å². The highest BCUT2D eigenvalue weighted by molar-refractivity contribution is 5.82. The van der Waals surface area contributed by atoms with Gasteiger partial charge in [-0.1, -0.05) is 65.8 Å². The Labute approximate surface area is 296 Å². The zero-order valence-electron chi connectivity index (χ0n) is 29.4. The van der Waals surface area contributed by atoms with Gasteiger partial charge in [0.15, 0.2) is 12.2 Å². The number of ether oxygens (including phenoxy) is 5. The van der Waals surface area contributed by atoms with Crippen molar-refractivity contribution in [1.29, 1.82) is 0 Å². The standard InChI is InChI=1S/C38H43N3O10/c1-23(40-51-38-37(49-27(5)45)36(48-26(4)44)35(47-25(3)43)33(50-38)22-46-24(2)42)16-18-41-19-17-32-30(21-41)20-31(28-12-8-6-9-13-28)34(39-32)29-14-10-7-11-15-29/h6-15,20,33,35-38H,16-19,21-22H2,1-5H3/b40-23+/t33-,35+,36+,37-,38+/m1/s1. The van der Waals surface area contributed by atoms with Crippen molar-refractivity contribution in [1.82, 2.24) is 9.88 Å². The van der Waals surface area contributed by atoms with Gasteiger partial charge in [0.2, 0.25) is 6.10 Å². The summed E-state index contributed by atoms with van der Waals surface area (Å²) < 4.78 is 27.4. The predicted molar refractivity (Wildman–Crippen MR) is 185 cm³/mol. The first-order valence-corrected chi connectivity index (χ1v) is 16.8. The first-order valence-electron chi connectivity index (χ1n) is 16.8. The quantitative estimate of drug-likeness (QED) is 0.112. The summed E-state index contributed by atoms with van der Waals surface area (Å²) in [7, 11) is 0. The average Bonchev–Trinajstić information content (AvgIpc) is 3.10. The lowest BCUT2D eigenvalue weighted by Crippen LogP contribution is -2.62. The van der Waals surface area contributed by atoms with Crippen LogP contribution >= 0.6 is 0 Å². The van der Waals surface area contributed by atoms with Crippen LogP contribution in [0.5, 0.6) is 0 Å². The summed E-state index contributed by atoms with van der Waals surface area (Å²) in [5.41, 5.74) is 7.10. The van der Waals surface area contributed by atoms with Crippen molar-refractivity contribution in [3.63, 3.8) is 0 Å². The first-order chi connectivity index (χ1) is 24.5. The Morgan fingerprint density at radius 1 is 0.804 bits per heavy atom. The summed E-state index contributed by atoms with van der Waals surface area (Å²) >= 11 is 0. The molecule has 0 spiro atoms. The van der Waals surface area contributed by atoms with Gasteiger partial charge in [-0.05, 0) is 24.1 Å². The SMILES string of the molecule is CC(=O)OC[C@H]1O[C@@H](O/N=C(\C)CCN2CCc3nc(-c4ccccc4)c(-c4ccccc4)cc3C2)[C@H](OC(C)=O)[C@@H](OC(C)=O)[C@H]1OC(C)=O. The molecule has 0 unspecified atom stereocenters. The Kier molecular flexibility index (Phi) is 12.5. The summed E-state index contributed by atoms with van der Waals surface area (Å²) in [5.74, 6) is -2.78. The van der Waals surface area contributed by atoms with E-state index in [1.54, 1.807) is 6.92 Å². The van der Waals surface area contributed by atoms with Crippen LogP contribution in [-0.2, 0) is 60.7 Å². The third-order valence-corrected chi connectivity index (χ3v) is 8.43. The third-order valence-electron chi connectivity index (χ3n) is 8.43. The van der Waals surface area contributed by atoms with Crippen LogP contribution in [0.1, 0.15) is 52.3 Å². The number of rotatable bonds is 12. The number of oxime groups is 1. The number of benzene rings is 2. The van der Waals surface area contributed by atoms with Crippen molar-refractivity contribution in [3.8, 4) is 22.4 Å². The number of carbonyl (C=O) groups excluding carboxylic acids is 4. The van der Waals surface area contributed by atoms with Gasteiger partial charge in [0, 0.05) is 77.0 Å². The number of hydrogen-bond donors (Lipinski definition) is 0. The van der Waals surface area contributed by atoms with E-state index in [-0.39, 0.29) is 6.61 Å². The summed E-state index contributed by atoms with van der Waals surface area (Å²) in [6.07, 6.45) is -5.14. The molecule has 1 saturated heterocycles. The fraction of sp³-hybridized carbons (Fsp3) is 0.421. The van der Waals surface area contributed by atoms with Crippen LogP contribution < -0.4 is 0 Å². The highest BCUT2D eigenvalue weighted by Gasteiger charge is 2.53. The van der Waals surface area contributed by atoms with Crippen molar-refractivity contribution in [2.75, 3.05) is 19.7 Å². The van der Waals surface area contributed by atoms with E-state index in [0.29, 0.717) is 25.2 Å². The van der Waals surface area contributed by atoms with Crippen molar-refractivity contribution in [2.24, 2.45) is 5.16 Å². The van der Waals surface area contributed by atoms with E-state index >= 15 is 0 Å². The van der Waals surface area contributed by atoms with E-state index in [0.717, 1.165) is 54.9 Å². The van der Waals surface area contributed by atoms with E-state index in [2.05, 4.69) is 40.4 Å². The molecule has 0 radical (unpaired) electrons. The zero-order chi connectivity index (χ0) is 36.5. The number of esters is 4. The Balaban J connectivity index is 1.30. The van der Waals surface area contributed by atoms with Crippen molar-refractivity contribution in [2.45, 2.75) is 84.7 Å². The number of pyridine rings is 1. The average molecular weight is 702 g/mol. The van der Waals surface area contributed by atoms with E-state index < -0.39 is 54.6 Å². The second kappa shape index (κ2) is 17.2. The van der Waals surface area contributed by atoms with Crippen LogP contribution in [0.2, 0.25) is 0 Å². The van der Waals surface area contributed by atoms with Crippen LogP contribution in [0, 0.1) is 0 Å². The molecule has 1 fully saturated rings. The Morgan fingerprint density at radius 2 is 1.41 bits per heavy atom. The molecule has 3 aromatic rings. The van der Waals surface area contributed by atoms with E-state index in [1.165, 1.54) is 19.4 Å². The number of hydrogen-bond acceptors (Lipinski definition) is 13. The van der Waals surface area contributed by atoms with Crippen molar-refractivity contribution in [3.05, 3.63) is 78.0 Å². The molecule has 270 valence electrons. The van der Waals surface area contributed by atoms with Gasteiger partial charge in [0.1, 0.15) is 12.7 Å². The molecule has 0 saturated carbocycles. The summed E-state index contributed by atoms with van der Waals surface area (Å²) in [4.78, 5) is 61.1. The molecular formula is C38H43N3O10. The largest absolute Gasteiger partial charge is 0.463 e. The normalized spacial score (nSPS) is 21.9. The maximum atomic E-state index is 12.1. The van der Waals surface area contributed by atoms with Gasteiger partial charge in [-0.25, -0.2) is 0 Å². The molecule has 13 nitrogen and oxygen atoms in total. The van der Waals surface area contributed by atoms with Gasteiger partial charge < -0.3 is 28.5 Å². The van der Waals surface area contributed by atoms with Crippen LogP contribution in [-0.4, -0.2) is 89.9 Å². The molecule has 5 rings (SSSR count). The first kappa shape index (κ1) is 37.1. The van der Waals surface area contributed by atoms with E-state index in [1.807, 2.05) is 36.4 Å². The maximum absolute atomic E-state index is 12.1. The van der Waals surface area contributed by atoms with E-state index in [4.69, 9.17) is 33.5 Å². The minimum atomic E-state index is -1.39. The molecule has 3 heterocycles. The molecular weight excluding hydrogens is 658 g/mol. The molecule has 0 amide bonds. The fourth-order valence-corrected chi connectivity index (χ4v) is 6.16. The van der Waals surface area contributed by atoms with Gasteiger partial charge in [-0.15, -0.1) is 0 Å². The van der Waals surface area contributed by atoms with Gasteiger partial charge >= 0.3 is 23.9 Å². The minimum Gasteiger partial charge on any atom is -0.463 e. The molecule has 0 bridgehead atoms. The summed E-state index contributed by atoms with van der Waals surface area (Å²) in [6, 6.07) is 22.7. The monoisotopic (exact) mass is 701 g/mol. The summed E-state index contributed by atoms with van der Waals surface area (Å²) in [6.45, 7) is 8.33. The number of carbonyl (C=O) groups is 4. The van der Waals surface area contributed by atoms with Crippen molar-refractivity contribution >= 4 is 29.6 Å². The number of nitrogens with zero attached hydrogens (tertiary/aromatic N) is 3. The van der Waals surface area contributed by atoms with Crippen LogP contribution in [0.15, 0.2) is 71.9 Å². The number of fused-ring (bicyclic) bond motifs is 1. The zero-order valence-corrected chi connectivity index (χ0v) is 29.4. The fourth-order valence-electron chi connectivity index (χ4n) is 6.16. The van der Waals surface area contributed by atoms with Gasteiger partial charge in [-0.3, -0.25) is 29.1 Å². The third kappa shape index (κ3) is 9.98. The maximum Gasteiger partial charge on any atom is 0.303 e. The van der Waals surface area contributed by atoms with Crippen LogP contribution in [0.3, 0.4) is 0 Å². The Morgan fingerprint density at radius 3 is 2.04 bits per heavy atom. The molecule has 2 aliphatic rings. The number of aromatic nitrogens is 1. The minimum absolute atomic E-state index is 0.357. The lowest BCUT2D eigenvalue weighted by Gasteiger charge is -2.43. The molecule has 13 heteroatoms. The molecule has 0 N–H and O–H groups in total. The van der Waals surface area contributed by atoms with Crippen LogP contribution in [0.4, 0.5) is 0 Å².